The summed E-state index contributed by atoms with van der Waals surface area (Å²) < 4.78 is 8.10. The minimum Gasteiger partial charge on any atom is -0.453 e. The Morgan fingerprint density at radius 2 is 1.76 bits per heavy atom. The Morgan fingerprint density at radius 3 is 2.45 bits per heavy atom. The van der Waals surface area contributed by atoms with Crippen LogP contribution in [0.3, 0.4) is 0 Å². The molecule has 0 unspecified atom stereocenters. The minimum absolute atomic E-state index is 0.376. The molecule has 0 radical (unpaired) electrons. The van der Waals surface area contributed by atoms with Crippen molar-refractivity contribution < 1.29 is 4.42 Å². The van der Waals surface area contributed by atoms with Crippen LogP contribution in [-0.2, 0) is 0 Å². The number of aromatic nitrogens is 2. The van der Waals surface area contributed by atoms with E-state index in [4.69, 9.17) is 16.0 Å². The van der Waals surface area contributed by atoms with Crippen LogP contribution in [0.2, 0.25) is 5.02 Å². The Balaban J connectivity index is 1.67. The molecule has 2 heterocycles. The summed E-state index contributed by atoms with van der Waals surface area (Å²) in [6.07, 6.45) is 3.68. The van der Waals surface area contributed by atoms with E-state index in [0.29, 0.717) is 11.7 Å². The first-order chi connectivity index (χ1) is 14.1. The van der Waals surface area contributed by atoms with Crippen LogP contribution >= 0.6 is 11.6 Å². The van der Waals surface area contributed by atoms with Gasteiger partial charge in [-0.15, -0.1) is 5.92 Å². The molecule has 0 spiro atoms. The van der Waals surface area contributed by atoms with E-state index in [0.717, 1.165) is 39.0 Å². The third-order valence-corrected chi connectivity index (χ3v) is 5.12. The number of rotatable bonds is 4. The normalized spacial score (nSPS) is 10.8. The van der Waals surface area contributed by atoms with Gasteiger partial charge in [0.15, 0.2) is 11.6 Å². The van der Waals surface area contributed by atoms with Gasteiger partial charge >= 0.3 is 0 Å². The molecule has 0 atom stereocenters. The molecule has 0 saturated heterocycles. The molecule has 0 N–H and O–H groups in total. The van der Waals surface area contributed by atoms with E-state index < -0.39 is 0 Å². The second kappa shape index (κ2) is 8.03. The highest BCUT2D eigenvalue weighted by molar-refractivity contribution is 6.31. The highest BCUT2D eigenvalue weighted by Crippen LogP contribution is 2.31. The van der Waals surface area contributed by atoms with Crippen molar-refractivity contribution >= 4 is 11.6 Å². The third kappa shape index (κ3) is 3.85. The number of furan rings is 1. The lowest BCUT2D eigenvalue weighted by molar-refractivity contribution is 0.590. The standard InChI is InChI=1S/C25H21ClN2O/c1-4-5-18-6-8-19(9-7-18)23-12-13-24(29-23)25-27-14-15-28(25)20-10-11-21(17(2)3)22(26)16-20/h6-17H,1-3H3. The van der Waals surface area contributed by atoms with Gasteiger partial charge in [0.1, 0.15) is 5.76 Å². The summed E-state index contributed by atoms with van der Waals surface area (Å²) in [5.74, 6) is 8.56. The largest absolute Gasteiger partial charge is 0.453 e. The predicted molar refractivity (Wildman–Crippen MR) is 118 cm³/mol. The number of halogens is 1. The fraction of sp³-hybridized carbons (Fsp3) is 0.160. The van der Waals surface area contributed by atoms with Gasteiger partial charge in [-0.25, -0.2) is 4.98 Å². The number of imidazole rings is 1. The molecular formula is C25H21ClN2O. The van der Waals surface area contributed by atoms with Crippen LogP contribution in [0.5, 0.6) is 0 Å². The van der Waals surface area contributed by atoms with Gasteiger partial charge in [-0.2, -0.15) is 0 Å². The van der Waals surface area contributed by atoms with E-state index >= 15 is 0 Å². The molecule has 3 nitrogen and oxygen atoms in total. The average Bonchev–Trinajstić information content (AvgIpc) is 3.38. The molecule has 4 rings (SSSR count). The molecular weight excluding hydrogens is 380 g/mol. The van der Waals surface area contributed by atoms with Gasteiger partial charge in [0.05, 0.1) is 0 Å². The van der Waals surface area contributed by atoms with E-state index in [1.54, 1.807) is 6.20 Å². The summed E-state index contributed by atoms with van der Waals surface area (Å²) in [6, 6.07) is 18.0. The van der Waals surface area contributed by atoms with Gasteiger partial charge in [0, 0.05) is 34.2 Å². The summed E-state index contributed by atoms with van der Waals surface area (Å²) in [5, 5.41) is 0.757. The third-order valence-electron chi connectivity index (χ3n) is 4.79. The van der Waals surface area contributed by atoms with Crippen molar-refractivity contribution in [2.24, 2.45) is 0 Å². The summed E-state index contributed by atoms with van der Waals surface area (Å²) in [5.41, 5.74) is 4.07. The zero-order chi connectivity index (χ0) is 20.4. The monoisotopic (exact) mass is 400 g/mol. The van der Waals surface area contributed by atoms with Crippen molar-refractivity contribution in [3.8, 4) is 40.4 Å². The summed E-state index contributed by atoms with van der Waals surface area (Å²) in [4.78, 5) is 4.50. The SMILES string of the molecule is CC#Cc1ccc(-c2ccc(-c3nccn3-c3ccc(C(C)C)c(Cl)c3)o2)cc1. The smallest absolute Gasteiger partial charge is 0.180 e. The Hall–Kier alpha value is -3.22. The molecule has 0 aliphatic rings. The molecule has 4 aromatic rings. The molecule has 29 heavy (non-hydrogen) atoms. The second-order valence-electron chi connectivity index (χ2n) is 7.10. The molecule has 0 saturated carbocycles. The van der Waals surface area contributed by atoms with Crippen molar-refractivity contribution in [2.75, 3.05) is 0 Å². The summed E-state index contributed by atoms with van der Waals surface area (Å²) in [6.45, 7) is 6.10. The highest BCUT2D eigenvalue weighted by Gasteiger charge is 2.14. The number of benzene rings is 2. The van der Waals surface area contributed by atoms with Gasteiger partial charge < -0.3 is 4.42 Å². The molecule has 0 amide bonds. The van der Waals surface area contributed by atoms with Crippen LogP contribution in [0.4, 0.5) is 0 Å². The van der Waals surface area contributed by atoms with E-state index in [9.17, 15) is 0 Å². The molecule has 2 aromatic heterocycles. The maximum absolute atomic E-state index is 6.49. The van der Waals surface area contributed by atoms with Crippen molar-refractivity contribution in [3.63, 3.8) is 0 Å². The van der Waals surface area contributed by atoms with Crippen LogP contribution in [-0.4, -0.2) is 9.55 Å². The number of nitrogens with zero attached hydrogens (tertiary/aromatic N) is 2. The number of hydrogen-bond donors (Lipinski definition) is 0. The van der Waals surface area contributed by atoms with Gasteiger partial charge in [0.2, 0.25) is 0 Å². The topological polar surface area (TPSA) is 31.0 Å². The quantitative estimate of drug-likeness (QED) is 0.347. The average molecular weight is 401 g/mol. The zero-order valence-electron chi connectivity index (χ0n) is 16.6. The Morgan fingerprint density at radius 1 is 1.00 bits per heavy atom. The molecule has 0 aliphatic heterocycles. The molecule has 144 valence electrons. The summed E-state index contributed by atoms with van der Waals surface area (Å²) >= 11 is 6.49. The molecule has 4 heteroatoms. The van der Waals surface area contributed by atoms with Crippen molar-refractivity contribution in [3.05, 3.63) is 83.1 Å². The van der Waals surface area contributed by atoms with Crippen LogP contribution in [0.25, 0.3) is 28.6 Å². The first kappa shape index (κ1) is 19.1. The van der Waals surface area contributed by atoms with Crippen molar-refractivity contribution in [1.29, 1.82) is 0 Å². The Kier molecular flexibility index (Phi) is 5.29. The zero-order valence-corrected chi connectivity index (χ0v) is 17.4. The summed E-state index contributed by atoms with van der Waals surface area (Å²) in [7, 11) is 0. The molecule has 2 aromatic carbocycles. The lowest BCUT2D eigenvalue weighted by Gasteiger charge is -2.12. The molecule has 0 fully saturated rings. The van der Waals surface area contributed by atoms with E-state index in [2.05, 4.69) is 42.8 Å². The van der Waals surface area contributed by atoms with E-state index in [1.807, 2.05) is 60.2 Å². The predicted octanol–water partition coefficient (Wildman–Crippen LogP) is 6.95. The fourth-order valence-corrected chi connectivity index (χ4v) is 3.70. The van der Waals surface area contributed by atoms with Gasteiger partial charge in [-0.3, -0.25) is 4.57 Å². The van der Waals surface area contributed by atoms with Gasteiger partial charge in [0.25, 0.3) is 0 Å². The Labute approximate surface area is 176 Å². The second-order valence-corrected chi connectivity index (χ2v) is 7.50. The van der Waals surface area contributed by atoms with Gasteiger partial charge in [-0.05, 0) is 54.8 Å². The van der Waals surface area contributed by atoms with Crippen LogP contribution in [0.1, 0.15) is 37.8 Å². The van der Waals surface area contributed by atoms with Gasteiger partial charge in [-0.1, -0.05) is 49.6 Å². The fourth-order valence-electron chi connectivity index (χ4n) is 3.30. The first-order valence-corrected chi connectivity index (χ1v) is 9.91. The lowest BCUT2D eigenvalue weighted by atomic mass is 10.0. The first-order valence-electron chi connectivity index (χ1n) is 9.53. The van der Waals surface area contributed by atoms with Crippen LogP contribution < -0.4 is 0 Å². The molecule has 0 bridgehead atoms. The maximum atomic E-state index is 6.49. The molecule has 0 aliphatic carbocycles. The minimum atomic E-state index is 0.376. The van der Waals surface area contributed by atoms with Crippen LogP contribution in [0.15, 0.2) is 71.4 Å². The van der Waals surface area contributed by atoms with Crippen molar-refractivity contribution in [1.82, 2.24) is 9.55 Å². The van der Waals surface area contributed by atoms with Crippen LogP contribution in [0, 0.1) is 11.8 Å². The van der Waals surface area contributed by atoms with Crippen molar-refractivity contribution in [2.45, 2.75) is 26.7 Å². The van der Waals surface area contributed by atoms with E-state index in [1.165, 1.54) is 0 Å². The number of hydrogen-bond acceptors (Lipinski definition) is 2. The Bertz CT molecular complexity index is 1200. The highest BCUT2D eigenvalue weighted by atomic mass is 35.5. The lowest BCUT2D eigenvalue weighted by Crippen LogP contribution is -1.97. The maximum Gasteiger partial charge on any atom is 0.180 e. The van der Waals surface area contributed by atoms with E-state index in [-0.39, 0.29) is 0 Å².